The summed E-state index contributed by atoms with van der Waals surface area (Å²) in [6.45, 7) is 6.03. The molecule has 8 bridgehead atoms. The maximum atomic E-state index is 11.4. The number of hydrogen-bond acceptors (Lipinski definition) is 4. The number of rotatable bonds is 6. The molecule has 0 radical (unpaired) electrons. The number of aliphatic carboxylic acids is 2. The molecular weight excluding hydrogens is 468 g/mol. The van der Waals surface area contributed by atoms with Crippen LogP contribution in [0, 0.1) is 13.8 Å². The zero-order valence-electron chi connectivity index (χ0n) is 21.0. The van der Waals surface area contributed by atoms with E-state index in [2.05, 4.69) is 28.2 Å². The van der Waals surface area contributed by atoms with Crippen LogP contribution in [0.25, 0.3) is 44.9 Å². The molecule has 37 heavy (non-hydrogen) atoms. The first kappa shape index (κ1) is 24.2. The van der Waals surface area contributed by atoms with Crippen LogP contribution < -0.4 is 0 Å². The molecule has 3 aromatic heterocycles. The van der Waals surface area contributed by atoms with Gasteiger partial charge in [-0.15, -0.1) is 0 Å². The van der Waals surface area contributed by atoms with Crippen molar-refractivity contribution < 1.29 is 19.8 Å². The van der Waals surface area contributed by atoms with Crippen molar-refractivity contribution in [3.63, 3.8) is 0 Å². The number of hydrogen-bond donors (Lipinski definition) is 4. The smallest absolute Gasteiger partial charge is 0.303 e. The Morgan fingerprint density at radius 2 is 1.35 bits per heavy atom. The molecule has 0 saturated heterocycles. The quantitative estimate of drug-likeness (QED) is 0.324. The molecule has 4 N–H and O–H groups in total. The second-order valence-electron chi connectivity index (χ2n) is 9.58. The van der Waals surface area contributed by atoms with E-state index in [4.69, 9.17) is 9.97 Å². The van der Waals surface area contributed by atoms with E-state index in [-0.39, 0.29) is 12.8 Å². The fourth-order valence-corrected chi connectivity index (χ4v) is 4.81. The number of aromatic nitrogens is 4. The Bertz CT molecular complexity index is 1670. The van der Waals surface area contributed by atoms with Crippen LogP contribution in [0.5, 0.6) is 0 Å². The number of carboxylic acid groups (broad SMARTS) is 2. The first-order valence-electron chi connectivity index (χ1n) is 12.2. The van der Waals surface area contributed by atoms with E-state index >= 15 is 0 Å². The summed E-state index contributed by atoms with van der Waals surface area (Å²) in [7, 11) is 0. The Labute approximate surface area is 213 Å². The summed E-state index contributed by atoms with van der Waals surface area (Å²) in [5.41, 5.74) is 11.3. The fourth-order valence-electron chi connectivity index (χ4n) is 4.81. The van der Waals surface area contributed by atoms with Gasteiger partial charge in [0, 0.05) is 34.9 Å². The molecule has 0 amide bonds. The second kappa shape index (κ2) is 9.54. The van der Waals surface area contributed by atoms with Crippen LogP contribution in [0.1, 0.15) is 66.5 Å². The van der Waals surface area contributed by atoms with E-state index in [1.54, 1.807) is 0 Å². The zero-order valence-corrected chi connectivity index (χ0v) is 21.0. The van der Waals surface area contributed by atoms with Crippen LogP contribution in [-0.4, -0.2) is 42.1 Å². The normalized spacial score (nSPS) is 13.1. The number of allylic oxidation sites excluding steroid dienone is 3. The Morgan fingerprint density at radius 1 is 0.730 bits per heavy atom. The monoisotopic (exact) mass is 496 g/mol. The van der Waals surface area contributed by atoms with E-state index < -0.39 is 11.9 Å². The molecular formula is C29H28N4O4. The number of fused-ring (bicyclic) bond motifs is 8. The average Bonchev–Trinajstić information content (AvgIpc) is 3.54. The number of nitrogens with one attached hydrogen (secondary N) is 2. The summed E-state index contributed by atoms with van der Waals surface area (Å²) in [5.74, 6) is -1.75. The van der Waals surface area contributed by atoms with Gasteiger partial charge in [-0.25, -0.2) is 9.97 Å². The molecule has 0 aliphatic carbocycles. The van der Waals surface area contributed by atoms with Gasteiger partial charge < -0.3 is 20.2 Å². The van der Waals surface area contributed by atoms with E-state index in [0.717, 1.165) is 61.3 Å². The van der Waals surface area contributed by atoms with Gasteiger partial charge in [-0.3, -0.25) is 9.59 Å². The molecule has 8 nitrogen and oxygen atoms in total. The summed E-state index contributed by atoms with van der Waals surface area (Å²) in [6.07, 6.45) is 2.56. The molecule has 0 atom stereocenters. The molecule has 188 valence electrons. The van der Waals surface area contributed by atoms with Gasteiger partial charge in [0.15, 0.2) is 0 Å². The molecule has 0 spiro atoms. The number of H-pyrrole nitrogens is 2. The molecule has 2 aliphatic rings. The predicted octanol–water partition coefficient (Wildman–Crippen LogP) is 6.13. The van der Waals surface area contributed by atoms with Crippen molar-refractivity contribution >= 4 is 56.8 Å². The third kappa shape index (κ3) is 5.09. The van der Waals surface area contributed by atoms with Crippen molar-refractivity contribution in [2.45, 2.75) is 46.5 Å². The molecule has 0 fully saturated rings. The highest BCUT2D eigenvalue weighted by atomic mass is 16.4. The minimum atomic E-state index is -0.877. The molecule has 0 aromatic carbocycles. The van der Waals surface area contributed by atoms with Gasteiger partial charge in [0.2, 0.25) is 0 Å². The third-order valence-electron chi connectivity index (χ3n) is 6.79. The first-order valence-corrected chi connectivity index (χ1v) is 12.2. The summed E-state index contributed by atoms with van der Waals surface area (Å²) in [5, 5.41) is 18.6. The maximum Gasteiger partial charge on any atom is 0.303 e. The van der Waals surface area contributed by atoms with Gasteiger partial charge >= 0.3 is 11.9 Å². The highest BCUT2D eigenvalue weighted by Crippen LogP contribution is 2.35. The summed E-state index contributed by atoms with van der Waals surface area (Å²) in [6, 6.07) is 12.0. The number of aromatic amines is 2. The van der Waals surface area contributed by atoms with Crippen molar-refractivity contribution in [1.82, 2.24) is 19.9 Å². The molecule has 0 saturated carbocycles. The lowest BCUT2D eigenvalue weighted by Crippen LogP contribution is -1.96. The number of nitrogens with zero attached hydrogens (tertiary/aromatic N) is 2. The first-order chi connectivity index (χ1) is 17.7. The zero-order chi connectivity index (χ0) is 26.3. The second-order valence-corrected chi connectivity index (χ2v) is 9.58. The van der Waals surface area contributed by atoms with Gasteiger partial charge in [-0.2, -0.15) is 0 Å². The average molecular weight is 497 g/mol. The van der Waals surface area contributed by atoms with Crippen LogP contribution in [-0.2, 0) is 9.59 Å². The molecule has 5 heterocycles. The van der Waals surface area contributed by atoms with Crippen LogP contribution in [0.4, 0.5) is 0 Å². The lowest BCUT2D eigenvalue weighted by Gasteiger charge is -2.04. The summed E-state index contributed by atoms with van der Waals surface area (Å²) < 4.78 is 0. The molecule has 8 heteroatoms. The van der Waals surface area contributed by atoms with E-state index in [1.807, 2.05) is 45.0 Å². The van der Waals surface area contributed by atoms with Crippen molar-refractivity contribution in [2.75, 3.05) is 0 Å². The SMILES string of the molecule is CC1=C(CCC(=O)O)c2cc3nc(cc4[nH]c(cc4C)cc4[nH]c(cc1n2)cc4C)C=C3CCC(=O)O. The number of carbonyl (C=O) groups is 2. The van der Waals surface area contributed by atoms with Gasteiger partial charge in [-0.1, -0.05) is 0 Å². The van der Waals surface area contributed by atoms with Crippen LogP contribution in [0.2, 0.25) is 0 Å². The number of aryl methyl sites for hydroxylation is 2. The largest absolute Gasteiger partial charge is 0.481 e. The Hall–Kier alpha value is -4.46. The minimum absolute atomic E-state index is 0.0128. The lowest BCUT2D eigenvalue weighted by molar-refractivity contribution is -0.137. The Morgan fingerprint density at radius 3 is 2.03 bits per heavy atom. The van der Waals surface area contributed by atoms with Crippen molar-refractivity contribution in [3.8, 4) is 0 Å². The van der Waals surface area contributed by atoms with Gasteiger partial charge in [-0.05, 0) is 104 Å². The summed E-state index contributed by atoms with van der Waals surface area (Å²) in [4.78, 5) is 39.3. The Kier molecular flexibility index (Phi) is 6.25. The van der Waals surface area contributed by atoms with Crippen LogP contribution >= 0.6 is 0 Å². The van der Waals surface area contributed by atoms with E-state index in [9.17, 15) is 19.8 Å². The van der Waals surface area contributed by atoms with Gasteiger partial charge in [0.05, 0.1) is 22.8 Å². The third-order valence-corrected chi connectivity index (χ3v) is 6.79. The van der Waals surface area contributed by atoms with Gasteiger partial charge in [0.1, 0.15) is 0 Å². The van der Waals surface area contributed by atoms with E-state index in [0.29, 0.717) is 24.2 Å². The Balaban J connectivity index is 1.81. The maximum absolute atomic E-state index is 11.4. The number of carboxylic acids is 2. The van der Waals surface area contributed by atoms with Crippen LogP contribution in [0.15, 0.2) is 36.4 Å². The van der Waals surface area contributed by atoms with E-state index in [1.165, 1.54) is 0 Å². The van der Waals surface area contributed by atoms with Crippen molar-refractivity contribution in [3.05, 3.63) is 70.3 Å². The molecule has 0 unspecified atom stereocenters. The standard InChI is InChI=1S/C29H28N4O4/c1-15-8-19-11-23-16(2)9-20(31-23)13-25-17(3)22(5-7-29(36)37)27(33-25)14-26-18(4-6-28(34)35)10-21(32-26)12-24(15)30-19/h8-14,30-31H,4-7H2,1-3H3,(H,34,35)(H,36,37). The molecule has 5 rings (SSSR count). The highest BCUT2D eigenvalue weighted by molar-refractivity contribution is 5.94. The predicted molar refractivity (Wildman–Crippen MR) is 145 cm³/mol. The van der Waals surface area contributed by atoms with Crippen molar-refractivity contribution in [2.24, 2.45) is 0 Å². The fraction of sp³-hybridized carbons (Fsp3) is 0.241. The summed E-state index contributed by atoms with van der Waals surface area (Å²) >= 11 is 0. The van der Waals surface area contributed by atoms with Gasteiger partial charge in [0.25, 0.3) is 0 Å². The highest BCUT2D eigenvalue weighted by Gasteiger charge is 2.20. The lowest BCUT2D eigenvalue weighted by atomic mass is 10.00. The molecule has 3 aromatic rings. The van der Waals surface area contributed by atoms with Crippen molar-refractivity contribution in [1.29, 1.82) is 0 Å². The topological polar surface area (TPSA) is 132 Å². The van der Waals surface area contributed by atoms with Crippen LogP contribution in [0.3, 0.4) is 0 Å². The molecule has 2 aliphatic heterocycles. The minimum Gasteiger partial charge on any atom is -0.481 e.